The lowest BCUT2D eigenvalue weighted by molar-refractivity contribution is 0.176. The highest BCUT2D eigenvalue weighted by Crippen LogP contribution is 2.35. The van der Waals surface area contributed by atoms with Gasteiger partial charge in [0.15, 0.2) is 0 Å². The molecule has 8 nitrogen and oxygen atoms in total. The number of ether oxygens (including phenoxy) is 1. The zero-order chi connectivity index (χ0) is 21.3. The van der Waals surface area contributed by atoms with E-state index in [4.69, 9.17) is 16.2 Å². The quantitative estimate of drug-likeness (QED) is 0.559. The molecule has 0 bridgehead atoms. The van der Waals surface area contributed by atoms with Gasteiger partial charge in [-0.2, -0.15) is 4.98 Å². The fourth-order valence-electron chi connectivity index (χ4n) is 3.75. The smallest absolute Gasteiger partial charge is 0.222 e. The van der Waals surface area contributed by atoms with Crippen LogP contribution in [0.15, 0.2) is 47.4 Å². The first-order valence-corrected chi connectivity index (χ1v) is 11.1. The number of sulfone groups is 1. The van der Waals surface area contributed by atoms with E-state index in [0.29, 0.717) is 36.8 Å². The average molecular weight is 431 g/mol. The summed E-state index contributed by atoms with van der Waals surface area (Å²) >= 11 is 0. The Morgan fingerprint density at radius 2 is 1.80 bits per heavy atom. The van der Waals surface area contributed by atoms with Gasteiger partial charge >= 0.3 is 0 Å². The van der Waals surface area contributed by atoms with E-state index < -0.39 is 21.1 Å². The van der Waals surface area contributed by atoms with E-state index in [1.54, 1.807) is 18.2 Å². The van der Waals surface area contributed by atoms with Crippen molar-refractivity contribution in [3.8, 4) is 5.75 Å². The Morgan fingerprint density at radius 1 is 1.07 bits per heavy atom. The minimum Gasteiger partial charge on any atom is -0.473 e. The van der Waals surface area contributed by atoms with Gasteiger partial charge in [0.05, 0.1) is 10.9 Å². The molecular weight excluding hydrogens is 409 g/mol. The summed E-state index contributed by atoms with van der Waals surface area (Å²) in [6, 6.07) is 10.3. The lowest BCUT2D eigenvalue weighted by Crippen LogP contribution is -2.41. The SMILES string of the molecule is Nc1nc(N)c2c(OC(C3CCNCC3)S(=O)(=O)c3ccccc3F)cccc2n1. The Kier molecular flexibility index (Phi) is 5.44. The second-order valence-corrected chi connectivity index (χ2v) is 9.16. The molecule has 1 fully saturated rings. The Bertz CT molecular complexity index is 1180. The van der Waals surface area contributed by atoms with Crippen molar-refractivity contribution < 1.29 is 17.5 Å². The third kappa shape index (κ3) is 3.75. The van der Waals surface area contributed by atoms with E-state index in [9.17, 15) is 12.8 Å². The van der Waals surface area contributed by atoms with Crippen LogP contribution in [0.3, 0.4) is 0 Å². The van der Waals surface area contributed by atoms with Crippen molar-refractivity contribution in [3.63, 3.8) is 0 Å². The van der Waals surface area contributed by atoms with Crippen molar-refractivity contribution in [1.82, 2.24) is 15.3 Å². The van der Waals surface area contributed by atoms with Crippen molar-refractivity contribution in [2.75, 3.05) is 24.6 Å². The summed E-state index contributed by atoms with van der Waals surface area (Å²) < 4.78 is 47.4. The molecule has 1 atom stereocenters. The van der Waals surface area contributed by atoms with Crippen LogP contribution in [0.4, 0.5) is 16.2 Å². The number of nitrogens with zero attached hydrogens (tertiary/aromatic N) is 2. The summed E-state index contributed by atoms with van der Waals surface area (Å²) in [5.74, 6) is -0.837. The van der Waals surface area contributed by atoms with Crippen LogP contribution in [0, 0.1) is 11.7 Å². The largest absolute Gasteiger partial charge is 0.473 e. The Labute approximate surface area is 173 Å². The molecule has 10 heteroatoms. The van der Waals surface area contributed by atoms with Gasteiger partial charge in [0.1, 0.15) is 22.3 Å². The van der Waals surface area contributed by atoms with E-state index in [2.05, 4.69) is 15.3 Å². The Morgan fingerprint density at radius 3 is 2.53 bits per heavy atom. The monoisotopic (exact) mass is 431 g/mol. The maximum Gasteiger partial charge on any atom is 0.222 e. The predicted molar refractivity (Wildman–Crippen MR) is 112 cm³/mol. The minimum atomic E-state index is -4.15. The number of nitrogens with two attached hydrogens (primary N) is 2. The molecule has 0 saturated carbocycles. The fraction of sp³-hybridized carbons (Fsp3) is 0.300. The highest BCUT2D eigenvalue weighted by Gasteiger charge is 2.39. The first-order valence-electron chi connectivity index (χ1n) is 9.55. The summed E-state index contributed by atoms with van der Waals surface area (Å²) in [5, 5.41) is 3.57. The number of aromatic nitrogens is 2. The summed E-state index contributed by atoms with van der Waals surface area (Å²) in [6.07, 6.45) is 1.14. The van der Waals surface area contributed by atoms with Crippen molar-refractivity contribution in [2.45, 2.75) is 23.2 Å². The number of rotatable bonds is 5. The molecule has 0 radical (unpaired) electrons. The third-order valence-electron chi connectivity index (χ3n) is 5.19. The molecule has 158 valence electrons. The molecule has 1 aliphatic rings. The van der Waals surface area contributed by atoms with Gasteiger partial charge in [-0.05, 0) is 50.2 Å². The molecule has 1 unspecified atom stereocenters. The maximum absolute atomic E-state index is 14.4. The molecule has 1 aromatic heterocycles. The molecule has 0 amide bonds. The van der Waals surface area contributed by atoms with Gasteiger partial charge in [0.25, 0.3) is 0 Å². The Hall–Kier alpha value is -2.98. The number of halogens is 1. The summed E-state index contributed by atoms with van der Waals surface area (Å²) in [6.45, 7) is 1.29. The van der Waals surface area contributed by atoms with Crippen LogP contribution in [0.5, 0.6) is 5.75 Å². The highest BCUT2D eigenvalue weighted by molar-refractivity contribution is 7.92. The first-order chi connectivity index (χ1) is 14.4. The van der Waals surface area contributed by atoms with Crippen molar-refractivity contribution >= 4 is 32.5 Å². The second-order valence-electron chi connectivity index (χ2n) is 7.17. The maximum atomic E-state index is 14.4. The molecule has 30 heavy (non-hydrogen) atoms. The molecule has 2 aromatic carbocycles. The van der Waals surface area contributed by atoms with Crippen LogP contribution in [-0.4, -0.2) is 36.9 Å². The topological polar surface area (TPSA) is 133 Å². The number of anilines is 2. The third-order valence-corrected chi connectivity index (χ3v) is 7.23. The van der Waals surface area contributed by atoms with E-state index in [0.717, 1.165) is 6.07 Å². The van der Waals surface area contributed by atoms with Crippen LogP contribution in [0.2, 0.25) is 0 Å². The van der Waals surface area contributed by atoms with Crippen molar-refractivity contribution in [3.05, 3.63) is 48.3 Å². The van der Waals surface area contributed by atoms with Gasteiger partial charge in [-0.15, -0.1) is 0 Å². The summed E-state index contributed by atoms with van der Waals surface area (Å²) in [5.41, 5.74) is 10.8. The molecule has 0 aliphatic carbocycles. The molecule has 1 aliphatic heterocycles. The lowest BCUT2D eigenvalue weighted by atomic mass is 9.99. The zero-order valence-corrected chi connectivity index (χ0v) is 16.9. The number of fused-ring (bicyclic) bond motifs is 1. The number of nitrogen functional groups attached to an aromatic ring is 2. The number of nitrogens with one attached hydrogen (secondary N) is 1. The second kappa shape index (κ2) is 8.04. The molecule has 1 saturated heterocycles. The molecule has 2 heterocycles. The van der Waals surface area contributed by atoms with Crippen LogP contribution < -0.4 is 21.5 Å². The Balaban J connectivity index is 1.82. The number of benzene rings is 2. The van der Waals surface area contributed by atoms with Crippen LogP contribution >= 0.6 is 0 Å². The molecule has 4 rings (SSSR count). The highest BCUT2D eigenvalue weighted by atomic mass is 32.2. The predicted octanol–water partition coefficient (Wildman–Crippen LogP) is 2.11. The van der Waals surface area contributed by atoms with Crippen LogP contribution in [0.1, 0.15) is 12.8 Å². The summed E-state index contributed by atoms with van der Waals surface area (Å²) in [4.78, 5) is 7.71. The first kappa shape index (κ1) is 20.3. The van der Waals surface area contributed by atoms with E-state index in [-0.39, 0.29) is 28.3 Å². The van der Waals surface area contributed by atoms with Crippen molar-refractivity contribution in [1.29, 1.82) is 0 Å². The number of hydrogen-bond acceptors (Lipinski definition) is 8. The zero-order valence-electron chi connectivity index (χ0n) is 16.1. The van der Waals surface area contributed by atoms with Gasteiger partial charge in [0, 0.05) is 5.92 Å². The number of piperidine rings is 1. The van der Waals surface area contributed by atoms with Gasteiger partial charge < -0.3 is 21.5 Å². The van der Waals surface area contributed by atoms with Crippen molar-refractivity contribution in [2.24, 2.45) is 5.92 Å². The van der Waals surface area contributed by atoms with Crippen LogP contribution in [0.25, 0.3) is 10.9 Å². The standard InChI is InChI=1S/C20H22FN5O3S/c21-13-4-1-2-7-16(13)30(27,28)19(12-8-10-24-11-9-12)29-15-6-3-5-14-17(15)18(22)26-20(23)25-14/h1-7,12,19,24H,8-11H2,(H4,22,23,25,26). The van der Waals surface area contributed by atoms with Gasteiger partial charge in [0.2, 0.25) is 21.2 Å². The van der Waals surface area contributed by atoms with Gasteiger partial charge in [-0.25, -0.2) is 17.8 Å². The number of hydrogen-bond donors (Lipinski definition) is 3. The molecule has 0 spiro atoms. The molecule has 5 N–H and O–H groups in total. The lowest BCUT2D eigenvalue weighted by Gasteiger charge is -2.31. The average Bonchev–Trinajstić information content (AvgIpc) is 2.72. The van der Waals surface area contributed by atoms with Crippen LogP contribution in [-0.2, 0) is 9.84 Å². The molecular formula is C20H22FN5O3S. The van der Waals surface area contributed by atoms with Gasteiger partial charge in [-0.3, -0.25) is 0 Å². The summed E-state index contributed by atoms with van der Waals surface area (Å²) in [7, 11) is -4.15. The molecule has 3 aromatic rings. The van der Waals surface area contributed by atoms with Gasteiger partial charge in [-0.1, -0.05) is 18.2 Å². The van der Waals surface area contributed by atoms with E-state index >= 15 is 0 Å². The fourth-order valence-corrected chi connectivity index (χ4v) is 5.62. The van der Waals surface area contributed by atoms with E-state index in [1.807, 2.05) is 0 Å². The normalized spacial score (nSPS) is 16.4. The van der Waals surface area contributed by atoms with E-state index in [1.165, 1.54) is 18.2 Å². The minimum absolute atomic E-state index is 0.00559.